The van der Waals surface area contributed by atoms with Crippen LogP contribution in [0.4, 0.5) is 0 Å². The summed E-state index contributed by atoms with van der Waals surface area (Å²) in [6, 6.07) is 7.87. The molecule has 1 atom stereocenters. The zero-order chi connectivity index (χ0) is 19.2. The molecule has 2 heterocycles. The first-order valence-corrected chi connectivity index (χ1v) is 11.2. The van der Waals surface area contributed by atoms with Crippen LogP contribution in [-0.4, -0.2) is 79.1 Å². The van der Waals surface area contributed by atoms with Gasteiger partial charge in [0.1, 0.15) is 0 Å². The third kappa shape index (κ3) is 5.48. The van der Waals surface area contributed by atoms with Crippen molar-refractivity contribution in [3.63, 3.8) is 0 Å². The second-order valence-corrected chi connectivity index (χ2v) is 8.59. The number of amides is 2. The number of benzene rings is 1. The average Bonchev–Trinajstić information content (AvgIpc) is 2.72. The van der Waals surface area contributed by atoms with Crippen molar-refractivity contribution in [2.45, 2.75) is 30.6 Å². The Bertz CT molecular complexity index is 641. The first-order valence-electron chi connectivity index (χ1n) is 9.96. The number of carbonyl (C=O) groups is 2. The van der Waals surface area contributed by atoms with Crippen LogP contribution in [0.1, 0.15) is 36.0 Å². The molecule has 2 saturated heterocycles. The van der Waals surface area contributed by atoms with Gasteiger partial charge in [0, 0.05) is 56.1 Å². The lowest BCUT2D eigenvalue weighted by atomic mass is 9.92. The first-order chi connectivity index (χ1) is 13.1. The van der Waals surface area contributed by atoms with E-state index in [4.69, 9.17) is 0 Å². The fourth-order valence-corrected chi connectivity index (χ4v) is 4.35. The number of thioether (sulfide) groups is 1. The van der Waals surface area contributed by atoms with Gasteiger partial charge >= 0.3 is 0 Å². The summed E-state index contributed by atoms with van der Waals surface area (Å²) in [5, 5.41) is 0. The van der Waals surface area contributed by atoms with Crippen LogP contribution in [0.3, 0.4) is 0 Å². The lowest BCUT2D eigenvalue weighted by Gasteiger charge is -2.34. The minimum absolute atomic E-state index is 0.123. The monoisotopic (exact) mass is 389 g/mol. The van der Waals surface area contributed by atoms with Gasteiger partial charge in [-0.05, 0) is 62.7 Å². The quantitative estimate of drug-likeness (QED) is 0.727. The van der Waals surface area contributed by atoms with Gasteiger partial charge < -0.3 is 14.7 Å². The molecule has 0 N–H and O–H groups in total. The molecule has 0 aromatic heterocycles. The van der Waals surface area contributed by atoms with Crippen LogP contribution in [0.5, 0.6) is 0 Å². The topological polar surface area (TPSA) is 43.9 Å². The van der Waals surface area contributed by atoms with Gasteiger partial charge in [0.25, 0.3) is 5.91 Å². The normalized spacial score (nSPS) is 21.3. The van der Waals surface area contributed by atoms with Crippen LogP contribution in [0.15, 0.2) is 29.2 Å². The minimum atomic E-state index is 0.123. The lowest BCUT2D eigenvalue weighted by Crippen LogP contribution is -2.47. The molecule has 6 heteroatoms. The second-order valence-electron chi connectivity index (χ2n) is 7.71. The Morgan fingerprint density at radius 3 is 2.41 bits per heavy atom. The van der Waals surface area contributed by atoms with Gasteiger partial charge in [0.05, 0.1) is 0 Å². The van der Waals surface area contributed by atoms with E-state index >= 15 is 0 Å². The number of hydrogen-bond acceptors (Lipinski definition) is 4. The molecule has 1 aromatic rings. The third-order valence-corrected chi connectivity index (χ3v) is 6.51. The highest BCUT2D eigenvalue weighted by molar-refractivity contribution is 7.98. The maximum atomic E-state index is 12.8. The summed E-state index contributed by atoms with van der Waals surface area (Å²) in [6.07, 6.45) is 5.68. The molecule has 3 rings (SSSR count). The molecular weight excluding hydrogens is 358 g/mol. The number of likely N-dealkylation sites (tertiary alicyclic amines) is 1. The molecule has 2 aliphatic rings. The highest BCUT2D eigenvalue weighted by atomic mass is 32.2. The van der Waals surface area contributed by atoms with E-state index in [0.29, 0.717) is 12.3 Å². The molecule has 27 heavy (non-hydrogen) atoms. The van der Waals surface area contributed by atoms with Crippen LogP contribution in [-0.2, 0) is 4.79 Å². The number of rotatable bonds is 5. The van der Waals surface area contributed by atoms with Gasteiger partial charge in [-0.3, -0.25) is 9.59 Å². The summed E-state index contributed by atoms with van der Waals surface area (Å²) >= 11 is 1.68. The van der Waals surface area contributed by atoms with Crippen LogP contribution < -0.4 is 0 Å². The molecule has 0 aliphatic carbocycles. The molecule has 2 amide bonds. The van der Waals surface area contributed by atoms with E-state index in [1.165, 1.54) is 4.90 Å². The predicted molar refractivity (Wildman–Crippen MR) is 110 cm³/mol. The predicted octanol–water partition coefficient (Wildman–Crippen LogP) is 2.81. The third-order valence-electron chi connectivity index (χ3n) is 5.77. The SMILES string of the molecule is CSc1ccc(C(=O)N2CCCC(CCC(=O)N3CCN(C)CC3)C2)cc1. The smallest absolute Gasteiger partial charge is 0.253 e. The summed E-state index contributed by atoms with van der Waals surface area (Å²) in [4.78, 5) is 32.7. The Morgan fingerprint density at radius 1 is 1.04 bits per heavy atom. The fourth-order valence-electron chi connectivity index (χ4n) is 3.94. The maximum Gasteiger partial charge on any atom is 0.253 e. The fraction of sp³-hybridized carbons (Fsp3) is 0.619. The van der Waals surface area contributed by atoms with Crippen molar-refractivity contribution in [2.24, 2.45) is 5.92 Å². The summed E-state index contributed by atoms with van der Waals surface area (Å²) < 4.78 is 0. The zero-order valence-corrected chi connectivity index (χ0v) is 17.3. The number of hydrogen-bond donors (Lipinski definition) is 0. The first kappa shape index (κ1) is 20.2. The van der Waals surface area contributed by atoms with Gasteiger partial charge in [-0.1, -0.05) is 0 Å². The lowest BCUT2D eigenvalue weighted by molar-refractivity contribution is -0.133. The highest BCUT2D eigenvalue weighted by Gasteiger charge is 2.26. The van der Waals surface area contributed by atoms with Crippen LogP contribution in [0.2, 0.25) is 0 Å². The summed E-state index contributed by atoms with van der Waals surface area (Å²) in [7, 11) is 2.10. The highest BCUT2D eigenvalue weighted by Crippen LogP contribution is 2.24. The standard InChI is InChI=1S/C21H31N3O2S/c1-22-12-14-23(15-13-22)20(25)10-5-17-4-3-11-24(16-17)21(26)18-6-8-19(27-2)9-7-18/h6-9,17H,3-5,10-16H2,1-2H3. The maximum absolute atomic E-state index is 12.8. The van der Waals surface area contributed by atoms with Crippen molar-refractivity contribution in [2.75, 3.05) is 52.6 Å². The number of carbonyl (C=O) groups excluding carboxylic acids is 2. The average molecular weight is 390 g/mol. The van der Waals surface area contributed by atoms with E-state index in [-0.39, 0.29) is 11.8 Å². The molecule has 148 valence electrons. The van der Waals surface area contributed by atoms with E-state index < -0.39 is 0 Å². The van der Waals surface area contributed by atoms with Crippen molar-refractivity contribution in [3.8, 4) is 0 Å². The molecule has 5 nitrogen and oxygen atoms in total. The van der Waals surface area contributed by atoms with E-state index in [1.54, 1.807) is 11.8 Å². The Morgan fingerprint density at radius 2 is 1.74 bits per heavy atom. The van der Waals surface area contributed by atoms with Crippen LogP contribution in [0, 0.1) is 5.92 Å². The Hall–Kier alpha value is -1.53. The molecule has 0 saturated carbocycles. The van der Waals surface area contributed by atoms with Gasteiger partial charge in [0.2, 0.25) is 5.91 Å². The Kier molecular flexibility index (Phi) is 7.19. The van der Waals surface area contributed by atoms with Gasteiger partial charge in [-0.25, -0.2) is 0 Å². The van der Waals surface area contributed by atoms with E-state index in [2.05, 4.69) is 11.9 Å². The van der Waals surface area contributed by atoms with Crippen molar-refractivity contribution in [1.29, 1.82) is 0 Å². The van der Waals surface area contributed by atoms with Gasteiger partial charge in [0.15, 0.2) is 0 Å². The van der Waals surface area contributed by atoms with Crippen molar-refractivity contribution in [3.05, 3.63) is 29.8 Å². The van der Waals surface area contributed by atoms with E-state index in [0.717, 1.165) is 64.1 Å². The van der Waals surface area contributed by atoms with Crippen LogP contribution in [0.25, 0.3) is 0 Å². The second kappa shape index (κ2) is 9.60. The molecule has 1 unspecified atom stereocenters. The number of nitrogens with zero attached hydrogens (tertiary/aromatic N) is 3. The van der Waals surface area contributed by atoms with Crippen molar-refractivity contribution < 1.29 is 9.59 Å². The van der Waals surface area contributed by atoms with Crippen molar-refractivity contribution in [1.82, 2.24) is 14.7 Å². The summed E-state index contributed by atoms with van der Waals surface area (Å²) in [5.41, 5.74) is 0.766. The summed E-state index contributed by atoms with van der Waals surface area (Å²) in [6.45, 7) is 5.22. The minimum Gasteiger partial charge on any atom is -0.340 e. The number of piperazine rings is 1. The molecular formula is C21H31N3O2S. The van der Waals surface area contributed by atoms with Crippen LogP contribution >= 0.6 is 11.8 Å². The molecule has 0 radical (unpaired) electrons. The zero-order valence-electron chi connectivity index (χ0n) is 16.5. The molecule has 1 aromatic carbocycles. The number of piperidine rings is 1. The van der Waals surface area contributed by atoms with Crippen molar-refractivity contribution >= 4 is 23.6 Å². The molecule has 2 fully saturated rings. The van der Waals surface area contributed by atoms with Gasteiger partial charge in [-0.15, -0.1) is 11.8 Å². The van der Waals surface area contributed by atoms with E-state index in [9.17, 15) is 9.59 Å². The van der Waals surface area contributed by atoms with Gasteiger partial charge in [-0.2, -0.15) is 0 Å². The largest absolute Gasteiger partial charge is 0.340 e. The van der Waals surface area contributed by atoms with E-state index in [1.807, 2.05) is 40.3 Å². The molecule has 2 aliphatic heterocycles. The molecule has 0 spiro atoms. The molecule has 0 bridgehead atoms. The number of likely N-dealkylation sites (N-methyl/N-ethyl adjacent to an activating group) is 1. The Labute approximate surface area is 167 Å². The Balaban J connectivity index is 1.48. The summed E-state index contributed by atoms with van der Waals surface area (Å²) in [5.74, 6) is 0.835.